The van der Waals surface area contributed by atoms with Crippen LogP contribution in [-0.2, 0) is 12.8 Å². The summed E-state index contributed by atoms with van der Waals surface area (Å²) in [6.07, 6.45) is 4.39. The van der Waals surface area contributed by atoms with Crippen molar-refractivity contribution in [2.24, 2.45) is 13.0 Å². The first-order chi connectivity index (χ1) is 11.1. The Balaban J connectivity index is 1.91. The molecule has 23 heavy (non-hydrogen) atoms. The topological polar surface area (TPSA) is 67.2 Å². The van der Waals surface area contributed by atoms with Crippen molar-refractivity contribution in [2.45, 2.75) is 24.3 Å². The molecule has 1 aromatic heterocycles. The zero-order chi connectivity index (χ0) is 16.7. The monoisotopic (exact) mass is 333 g/mol. The number of hydrogen-bond acceptors (Lipinski definition) is 4. The second kappa shape index (κ2) is 8.74. The highest BCUT2D eigenvalue weighted by atomic mass is 32.2. The number of nitrogens with one attached hydrogen (secondary N) is 1. The molecule has 1 atom stereocenters. The van der Waals surface area contributed by atoms with Crippen LogP contribution in [-0.4, -0.2) is 33.7 Å². The van der Waals surface area contributed by atoms with E-state index >= 15 is 0 Å². The zero-order valence-corrected chi connectivity index (χ0v) is 14.3. The number of aromatic nitrogens is 2. The van der Waals surface area contributed by atoms with Gasteiger partial charge in [0.15, 0.2) is 5.16 Å². The number of thioether (sulfide) groups is 1. The largest absolute Gasteiger partial charge is 0.396 e. The molecule has 0 aliphatic heterocycles. The second-order valence-electron chi connectivity index (χ2n) is 5.64. The summed E-state index contributed by atoms with van der Waals surface area (Å²) in [5.41, 5.74) is 1.76. The lowest BCUT2D eigenvalue weighted by molar-refractivity contribution is 0.0945. The number of nitrogens with zero attached hydrogens (tertiary/aromatic N) is 2. The predicted octanol–water partition coefficient (Wildman–Crippen LogP) is 2.46. The van der Waals surface area contributed by atoms with Gasteiger partial charge in [0.25, 0.3) is 5.91 Å². The van der Waals surface area contributed by atoms with E-state index in [0.717, 1.165) is 16.5 Å². The van der Waals surface area contributed by atoms with Crippen LogP contribution in [0.15, 0.2) is 41.8 Å². The van der Waals surface area contributed by atoms with Gasteiger partial charge in [0.1, 0.15) is 0 Å². The summed E-state index contributed by atoms with van der Waals surface area (Å²) < 4.78 is 1.98. The molecule has 0 bridgehead atoms. The van der Waals surface area contributed by atoms with Crippen molar-refractivity contribution >= 4 is 17.7 Å². The van der Waals surface area contributed by atoms with Crippen molar-refractivity contribution in [1.82, 2.24) is 14.9 Å². The number of imidazole rings is 1. The van der Waals surface area contributed by atoms with Crippen molar-refractivity contribution in [3.63, 3.8) is 0 Å². The highest BCUT2D eigenvalue weighted by Gasteiger charge is 2.09. The molecule has 6 heteroatoms. The van der Waals surface area contributed by atoms with Crippen LogP contribution in [0, 0.1) is 5.92 Å². The maximum atomic E-state index is 12.2. The molecule has 0 fully saturated rings. The summed E-state index contributed by atoms with van der Waals surface area (Å²) in [4.78, 5) is 16.5. The molecule has 1 aromatic carbocycles. The molecule has 2 aromatic rings. The number of benzene rings is 1. The Bertz CT molecular complexity index is 642. The molecule has 124 valence electrons. The van der Waals surface area contributed by atoms with Gasteiger partial charge in [-0.2, -0.15) is 0 Å². The minimum Gasteiger partial charge on any atom is -0.396 e. The Morgan fingerprint density at radius 2 is 2.30 bits per heavy atom. The summed E-state index contributed by atoms with van der Waals surface area (Å²) in [6.45, 7) is 2.74. The Kier molecular flexibility index (Phi) is 6.67. The summed E-state index contributed by atoms with van der Waals surface area (Å²) in [6, 6.07) is 7.66. The first kappa shape index (κ1) is 17.6. The van der Waals surface area contributed by atoms with Gasteiger partial charge >= 0.3 is 0 Å². The standard InChI is InChI=1S/C17H23N3O2S/c1-13(6-9-21)11-19-16(22)15-5-3-4-14(10-15)12-23-17-18-7-8-20(17)2/h3-5,7-8,10,13,21H,6,9,11-12H2,1-2H3,(H,19,22). The summed E-state index contributed by atoms with van der Waals surface area (Å²) in [7, 11) is 1.97. The van der Waals surface area contributed by atoms with Gasteiger partial charge in [0.05, 0.1) is 0 Å². The molecular formula is C17H23N3O2S. The van der Waals surface area contributed by atoms with E-state index < -0.39 is 0 Å². The number of aryl methyl sites for hydroxylation is 1. The van der Waals surface area contributed by atoms with Crippen LogP contribution in [0.2, 0.25) is 0 Å². The normalized spacial score (nSPS) is 12.1. The highest BCUT2D eigenvalue weighted by molar-refractivity contribution is 7.98. The SMILES string of the molecule is CC(CCO)CNC(=O)c1cccc(CSc2nccn2C)c1. The molecule has 2 N–H and O–H groups in total. The van der Waals surface area contributed by atoms with Crippen molar-refractivity contribution in [2.75, 3.05) is 13.2 Å². The average molecular weight is 333 g/mol. The molecule has 0 saturated heterocycles. The van der Waals surface area contributed by atoms with E-state index in [1.807, 2.05) is 49.0 Å². The van der Waals surface area contributed by atoms with Crippen molar-refractivity contribution in [3.05, 3.63) is 47.8 Å². The van der Waals surface area contributed by atoms with Gasteiger partial charge in [0, 0.05) is 43.9 Å². The molecule has 1 amide bonds. The number of carbonyl (C=O) groups is 1. The quantitative estimate of drug-likeness (QED) is 0.728. The van der Waals surface area contributed by atoms with Gasteiger partial charge in [-0.05, 0) is 30.0 Å². The number of aliphatic hydroxyl groups is 1. The Hall–Kier alpha value is -1.79. The fourth-order valence-electron chi connectivity index (χ4n) is 2.13. The summed E-state index contributed by atoms with van der Waals surface area (Å²) >= 11 is 1.64. The Morgan fingerprint density at radius 1 is 1.48 bits per heavy atom. The maximum absolute atomic E-state index is 12.2. The smallest absolute Gasteiger partial charge is 0.251 e. The molecule has 2 rings (SSSR count). The van der Waals surface area contributed by atoms with E-state index in [2.05, 4.69) is 10.3 Å². The van der Waals surface area contributed by atoms with Crippen molar-refractivity contribution in [1.29, 1.82) is 0 Å². The third-order valence-corrected chi connectivity index (χ3v) is 4.70. The zero-order valence-electron chi connectivity index (χ0n) is 13.5. The molecule has 5 nitrogen and oxygen atoms in total. The molecular weight excluding hydrogens is 310 g/mol. The van der Waals surface area contributed by atoms with Gasteiger partial charge < -0.3 is 15.0 Å². The Morgan fingerprint density at radius 3 is 3.00 bits per heavy atom. The lowest BCUT2D eigenvalue weighted by Gasteiger charge is -2.11. The third-order valence-electron chi connectivity index (χ3n) is 3.57. The van der Waals surface area contributed by atoms with Crippen LogP contribution < -0.4 is 5.32 Å². The third kappa shape index (κ3) is 5.41. The fourth-order valence-corrected chi connectivity index (χ4v) is 3.01. The van der Waals surface area contributed by atoms with Gasteiger partial charge in [-0.25, -0.2) is 4.98 Å². The molecule has 0 radical (unpaired) electrons. The summed E-state index contributed by atoms with van der Waals surface area (Å²) in [5, 5.41) is 12.8. The lowest BCUT2D eigenvalue weighted by Crippen LogP contribution is -2.28. The van der Waals surface area contributed by atoms with Crippen LogP contribution in [0.3, 0.4) is 0 Å². The minimum atomic E-state index is -0.0707. The Labute approximate surface area is 141 Å². The van der Waals surface area contributed by atoms with Crippen LogP contribution in [0.5, 0.6) is 0 Å². The molecule has 0 aliphatic rings. The number of rotatable bonds is 8. The molecule has 0 aliphatic carbocycles. The van der Waals surface area contributed by atoms with E-state index in [1.165, 1.54) is 0 Å². The number of hydrogen-bond donors (Lipinski definition) is 2. The first-order valence-corrected chi connectivity index (χ1v) is 8.67. The van der Waals surface area contributed by atoms with Gasteiger partial charge in [0.2, 0.25) is 0 Å². The van der Waals surface area contributed by atoms with Crippen molar-refractivity contribution in [3.8, 4) is 0 Å². The predicted molar refractivity (Wildman–Crippen MR) is 92.4 cm³/mol. The first-order valence-electron chi connectivity index (χ1n) is 7.68. The molecule has 1 heterocycles. The van der Waals surface area contributed by atoms with E-state index in [4.69, 9.17) is 5.11 Å². The van der Waals surface area contributed by atoms with Gasteiger partial charge in [-0.1, -0.05) is 30.8 Å². The highest BCUT2D eigenvalue weighted by Crippen LogP contribution is 2.21. The van der Waals surface area contributed by atoms with E-state index in [0.29, 0.717) is 18.5 Å². The molecule has 0 saturated carbocycles. The van der Waals surface area contributed by atoms with Crippen LogP contribution in [0.1, 0.15) is 29.3 Å². The van der Waals surface area contributed by atoms with E-state index in [9.17, 15) is 4.79 Å². The van der Waals surface area contributed by atoms with E-state index in [1.54, 1.807) is 18.0 Å². The minimum absolute atomic E-state index is 0.0707. The number of carbonyl (C=O) groups excluding carboxylic acids is 1. The fraction of sp³-hybridized carbons (Fsp3) is 0.412. The van der Waals surface area contributed by atoms with Crippen LogP contribution in [0.4, 0.5) is 0 Å². The second-order valence-corrected chi connectivity index (χ2v) is 6.58. The van der Waals surface area contributed by atoms with Gasteiger partial charge in [-0.3, -0.25) is 4.79 Å². The molecule has 1 unspecified atom stereocenters. The average Bonchev–Trinajstić information content (AvgIpc) is 2.96. The van der Waals surface area contributed by atoms with Crippen molar-refractivity contribution < 1.29 is 9.90 Å². The lowest BCUT2D eigenvalue weighted by atomic mass is 10.1. The maximum Gasteiger partial charge on any atom is 0.251 e. The van der Waals surface area contributed by atoms with Crippen LogP contribution >= 0.6 is 11.8 Å². The van der Waals surface area contributed by atoms with E-state index in [-0.39, 0.29) is 18.4 Å². The number of aliphatic hydroxyl groups excluding tert-OH is 1. The summed E-state index contributed by atoms with van der Waals surface area (Å²) in [5.74, 6) is 0.970. The van der Waals surface area contributed by atoms with Gasteiger partial charge in [-0.15, -0.1) is 0 Å². The number of amides is 1. The molecule has 0 spiro atoms. The van der Waals surface area contributed by atoms with Crippen LogP contribution in [0.25, 0.3) is 0 Å².